The fourth-order valence-corrected chi connectivity index (χ4v) is 3.97. The number of hydrogen-bond acceptors (Lipinski definition) is 2. The Morgan fingerprint density at radius 2 is 1.90 bits per heavy atom. The van der Waals surface area contributed by atoms with E-state index in [0.717, 1.165) is 13.0 Å². The second-order valence-corrected chi connectivity index (χ2v) is 6.84. The maximum absolute atomic E-state index is 12.7. The topological polar surface area (TPSA) is 23.6 Å². The second kappa shape index (κ2) is 6.18. The highest BCUT2D eigenvalue weighted by Gasteiger charge is 2.35. The molecular weight excluding hydrogens is 260 g/mol. The highest BCUT2D eigenvalue weighted by molar-refractivity contribution is 5.78. The molecular formula is C18H26N2O. The van der Waals surface area contributed by atoms with Gasteiger partial charge in [0.15, 0.2) is 0 Å². The smallest absolute Gasteiger partial charge is 0.237 e. The highest BCUT2D eigenvalue weighted by Crippen LogP contribution is 2.35. The minimum Gasteiger partial charge on any atom is -0.334 e. The van der Waals surface area contributed by atoms with Gasteiger partial charge in [0, 0.05) is 12.6 Å². The number of nitrogens with zero attached hydrogens (tertiary/aromatic N) is 2. The number of hydrogen-bond donors (Lipinski definition) is 0. The first-order valence-electron chi connectivity index (χ1n) is 8.16. The van der Waals surface area contributed by atoms with E-state index in [1.807, 2.05) is 19.0 Å². The Kier molecular flexibility index (Phi) is 4.29. The number of fused-ring (bicyclic) bond motifs is 2. The van der Waals surface area contributed by atoms with Gasteiger partial charge in [-0.2, -0.15) is 0 Å². The van der Waals surface area contributed by atoms with Gasteiger partial charge in [-0.05, 0) is 50.4 Å². The van der Waals surface area contributed by atoms with Crippen LogP contribution in [0.15, 0.2) is 24.3 Å². The van der Waals surface area contributed by atoms with E-state index in [4.69, 9.17) is 0 Å². The second-order valence-electron chi connectivity index (χ2n) is 6.84. The molecule has 1 aromatic carbocycles. The van der Waals surface area contributed by atoms with E-state index in [1.165, 1.54) is 36.8 Å². The summed E-state index contributed by atoms with van der Waals surface area (Å²) in [6.45, 7) is 1.31. The van der Waals surface area contributed by atoms with Crippen molar-refractivity contribution in [3.05, 3.63) is 35.4 Å². The third-order valence-corrected chi connectivity index (χ3v) is 4.98. The molecule has 114 valence electrons. The first-order valence-corrected chi connectivity index (χ1v) is 8.16. The summed E-state index contributed by atoms with van der Waals surface area (Å²) in [5, 5.41) is 0. The molecule has 1 amide bonds. The summed E-state index contributed by atoms with van der Waals surface area (Å²) >= 11 is 0. The molecule has 0 bridgehead atoms. The van der Waals surface area contributed by atoms with Crippen LogP contribution in [-0.2, 0) is 17.8 Å². The van der Waals surface area contributed by atoms with Crippen molar-refractivity contribution < 1.29 is 4.79 Å². The lowest BCUT2D eigenvalue weighted by Crippen LogP contribution is -2.47. The van der Waals surface area contributed by atoms with Crippen molar-refractivity contribution in [2.45, 2.75) is 44.7 Å². The fourth-order valence-electron chi connectivity index (χ4n) is 3.97. The van der Waals surface area contributed by atoms with Crippen LogP contribution in [0.1, 0.15) is 36.8 Å². The largest absolute Gasteiger partial charge is 0.334 e. The molecule has 1 heterocycles. The Balaban J connectivity index is 1.90. The van der Waals surface area contributed by atoms with Gasteiger partial charge >= 0.3 is 0 Å². The van der Waals surface area contributed by atoms with Gasteiger partial charge < -0.3 is 9.80 Å². The van der Waals surface area contributed by atoms with Gasteiger partial charge in [-0.15, -0.1) is 0 Å². The van der Waals surface area contributed by atoms with Gasteiger partial charge in [-0.1, -0.05) is 37.1 Å². The molecule has 21 heavy (non-hydrogen) atoms. The first kappa shape index (κ1) is 14.6. The molecule has 0 spiro atoms. The van der Waals surface area contributed by atoms with E-state index in [2.05, 4.69) is 29.2 Å². The van der Waals surface area contributed by atoms with Crippen molar-refractivity contribution >= 4 is 5.91 Å². The Labute approximate surface area is 127 Å². The highest BCUT2D eigenvalue weighted by atomic mass is 16.2. The summed E-state index contributed by atoms with van der Waals surface area (Å²) in [5.41, 5.74) is 2.80. The summed E-state index contributed by atoms with van der Waals surface area (Å²) in [4.78, 5) is 16.9. The van der Waals surface area contributed by atoms with Crippen molar-refractivity contribution in [1.29, 1.82) is 0 Å². The third-order valence-electron chi connectivity index (χ3n) is 4.98. The van der Waals surface area contributed by atoms with Crippen molar-refractivity contribution in [1.82, 2.24) is 9.80 Å². The van der Waals surface area contributed by atoms with Crippen LogP contribution in [-0.4, -0.2) is 42.4 Å². The van der Waals surface area contributed by atoms with Gasteiger partial charge in [0.25, 0.3) is 0 Å². The zero-order valence-corrected chi connectivity index (χ0v) is 13.2. The molecule has 0 saturated heterocycles. The Morgan fingerprint density at radius 1 is 1.19 bits per heavy atom. The fraction of sp³-hybridized carbons (Fsp3) is 0.611. The Bertz CT molecular complexity index is 512. The number of likely N-dealkylation sites (N-methyl/N-ethyl adjacent to an activating group) is 1. The lowest BCUT2D eigenvalue weighted by atomic mass is 9.80. The third kappa shape index (κ3) is 3.13. The molecule has 0 radical (unpaired) electrons. The average molecular weight is 286 g/mol. The van der Waals surface area contributed by atoms with Crippen molar-refractivity contribution in [2.24, 2.45) is 5.92 Å². The number of benzene rings is 1. The molecule has 1 fully saturated rings. The Hall–Kier alpha value is -1.35. The molecule has 3 heteroatoms. The molecule has 2 aliphatic rings. The van der Waals surface area contributed by atoms with Gasteiger partial charge in [-0.3, -0.25) is 4.79 Å². The van der Waals surface area contributed by atoms with Gasteiger partial charge in [-0.25, -0.2) is 0 Å². The van der Waals surface area contributed by atoms with Crippen LogP contribution in [0.5, 0.6) is 0 Å². The summed E-state index contributed by atoms with van der Waals surface area (Å²) < 4.78 is 0. The van der Waals surface area contributed by atoms with Gasteiger partial charge in [0.2, 0.25) is 5.91 Å². The van der Waals surface area contributed by atoms with E-state index < -0.39 is 0 Å². The number of amides is 1. The van der Waals surface area contributed by atoms with E-state index in [9.17, 15) is 4.79 Å². The molecule has 1 aromatic rings. The first-order chi connectivity index (χ1) is 10.1. The van der Waals surface area contributed by atoms with Crippen LogP contribution < -0.4 is 0 Å². The number of carbonyl (C=O) groups is 1. The lowest BCUT2D eigenvalue weighted by Gasteiger charge is -2.38. The van der Waals surface area contributed by atoms with Crippen molar-refractivity contribution in [3.63, 3.8) is 0 Å². The molecule has 2 atom stereocenters. The lowest BCUT2D eigenvalue weighted by molar-refractivity contribution is -0.136. The standard InChI is InChI=1S/C18H26N2O/c1-19(2)13-18(21)20-12-16-9-4-3-7-14(16)11-15-8-5-6-10-17(15)20/h3-4,7,9,15,17H,5-6,8,10-13H2,1-2H3. The molecule has 1 aliphatic heterocycles. The van der Waals surface area contributed by atoms with E-state index in [1.54, 1.807) is 0 Å². The summed E-state index contributed by atoms with van der Waals surface area (Å²) in [5.74, 6) is 0.933. The van der Waals surface area contributed by atoms with Gasteiger partial charge in [0.05, 0.1) is 6.54 Å². The molecule has 0 aromatic heterocycles. The molecule has 3 nitrogen and oxygen atoms in total. The molecule has 1 aliphatic carbocycles. The van der Waals surface area contributed by atoms with Gasteiger partial charge in [0.1, 0.15) is 0 Å². The molecule has 1 saturated carbocycles. The van der Waals surface area contributed by atoms with Crippen LogP contribution in [0, 0.1) is 5.92 Å². The van der Waals surface area contributed by atoms with Crippen molar-refractivity contribution in [3.8, 4) is 0 Å². The normalized spacial score (nSPS) is 25.2. The molecule has 3 rings (SSSR count). The molecule has 0 N–H and O–H groups in total. The predicted octanol–water partition coefficient (Wildman–Crippen LogP) is 2.69. The maximum Gasteiger partial charge on any atom is 0.237 e. The number of carbonyl (C=O) groups excluding carboxylic acids is 1. The minimum absolute atomic E-state index is 0.286. The monoisotopic (exact) mass is 286 g/mol. The van der Waals surface area contributed by atoms with Crippen LogP contribution in [0.4, 0.5) is 0 Å². The quantitative estimate of drug-likeness (QED) is 0.834. The minimum atomic E-state index is 0.286. The summed E-state index contributed by atoms with van der Waals surface area (Å²) in [6, 6.07) is 9.12. The summed E-state index contributed by atoms with van der Waals surface area (Å²) in [7, 11) is 3.95. The maximum atomic E-state index is 12.7. The van der Waals surface area contributed by atoms with Crippen LogP contribution in [0.3, 0.4) is 0 Å². The molecule has 2 unspecified atom stereocenters. The van der Waals surface area contributed by atoms with Crippen LogP contribution in [0.25, 0.3) is 0 Å². The van der Waals surface area contributed by atoms with Crippen LogP contribution in [0.2, 0.25) is 0 Å². The predicted molar refractivity (Wildman–Crippen MR) is 85.0 cm³/mol. The van der Waals surface area contributed by atoms with Crippen molar-refractivity contribution in [2.75, 3.05) is 20.6 Å². The van der Waals surface area contributed by atoms with E-state index in [0.29, 0.717) is 18.5 Å². The number of rotatable bonds is 2. The average Bonchev–Trinajstić information content (AvgIpc) is 2.63. The van der Waals surface area contributed by atoms with E-state index >= 15 is 0 Å². The zero-order valence-electron chi connectivity index (χ0n) is 13.2. The SMILES string of the molecule is CN(C)CC(=O)N1Cc2ccccc2CC2CCCCC21. The Morgan fingerprint density at radius 3 is 2.67 bits per heavy atom. The van der Waals surface area contributed by atoms with E-state index in [-0.39, 0.29) is 5.91 Å². The summed E-state index contributed by atoms with van der Waals surface area (Å²) in [6.07, 6.45) is 6.18. The zero-order chi connectivity index (χ0) is 14.8. The van der Waals surface area contributed by atoms with Crippen LogP contribution >= 0.6 is 0 Å².